The van der Waals surface area contributed by atoms with E-state index >= 15 is 0 Å². The number of hydrogen-bond acceptors (Lipinski definition) is 3. The van der Waals surface area contributed by atoms with Gasteiger partial charge in [-0.05, 0) is 37.9 Å². The van der Waals surface area contributed by atoms with Gasteiger partial charge in [0.25, 0.3) is 0 Å². The largest absolute Gasteiger partial charge is 0.370 e. The molecule has 1 rings (SSSR count). The number of nitrogens with one attached hydrogen (secondary N) is 1. The summed E-state index contributed by atoms with van der Waals surface area (Å²) in [6, 6.07) is 4.65. The Bertz CT molecular complexity index is 358. The third-order valence-corrected chi connectivity index (χ3v) is 4.16. The molecule has 1 aromatic heterocycles. The van der Waals surface area contributed by atoms with Crippen LogP contribution in [0.5, 0.6) is 0 Å². The van der Waals surface area contributed by atoms with Crippen molar-refractivity contribution in [3.63, 3.8) is 0 Å². The fraction of sp³-hybridized carbons (Fsp3) is 0.643. The van der Waals surface area contributed by atoms with Crippen LogP contribution in [-0.2, 0) is 6.42 Å². The molecule has 0 saturated carbocycles. The Hall–Kier alpha value is -1.07. The molecule has 0 radical (unpaired) electrons. The van der Waals surface area contributed by atoms with Crippen LogP contribution in [0.4, 0.5) is 0 Å². The van der Waals surface area contributed by atoms with Gasteiger partial charge in [0.2, 0.25) is 0 Å². The Morgan fingerprint density at radius 2 is 2.21 bits per heavy atom. The van der Waals surface area contributed by atoms with Gasteiger partial charge in [0.1, 0.15) is 0 Å². The smallest absolute Gasteiger partial charge is 0.188 e. The van der Waals surface area contributed by atoms with Gasteiger partial charge in [0.05, 0.1) is 6.54 Å². The summed E-state index contributed by atoms with van der Waals surface area (Å²) >= 11 is 1.78. The average Bonchev–Trinajstić information content (AvgIpc) is 2.91. The molecule has 19 heavy (non-hydrogen) atoms. The van der Waals surface area contributed by atoms with Crippen LogP contribution in [0, 0.1) is 0 Å². The maximum atomic E-state index is 5.87. The number of nitrogens with two attached hydrogens (primary N) is 1. The molecule has 3 N–H and O–H groups in total. The van der Waals surface area contributed by atoms with Crippen LogP contribution in [0.2, 0.25) is 0 Å². The lowest BCUT2D eigenvalue weighted by molar-refractivity contribution is 0.237. The molecule has 1 atom stereocenters. The van der Waals surface area contributed by atoms with Gasteiger partial charge in [-0.15, -0.1) is 11.3 Å². The molecule has 4 nitrogen and oxygen atoms in total. The lowest BCUT2D eigenvalue weighted by Gasteiger charge is -2.24. The van der Waals surface area contributed by atoms with Crippen molar-refractivity contribution < 1.29 is 0 Å². The summed E-state index contributed by atoms with van der Waals surface area (Å²) in [5.41, 5.74) is 5.87. The maximum absolute atomic E-state index is 5.87. The predicted octanol–water partition coefficient (Wildman–Crippen LogP) is 1.93. The fourth-order valence-electron chi connectivity index (χ4n) is 2.02. The number of likely N-dealkylation sites (N-methyl/N-ethyl adjacent to an activating group) is 1. The summed E-state index contributed by atoms with van der Waals surface area (Å²) in [6.45, 7) is 10.2. The summed E-state index contributed by atoms with van der Waals surface area (Å²) < 4.78 is 0. The molecule has 0 aliphatic carbocycles. The molecule has 0 bridgehead atoms. The zero-order valence-corrected chi connectivity index (χ0v) is 13.0. The van der Waals surface area contributed by atoms with Gasteiger partial charge in [-0.1, -0.05) is 19.9 Å². The molecular weight excluding hydrogens is 256 g/mol. The zero-order chi connectivity index (χ0) is 14.1. The first kappa shape index (κ1) is 16.0. The second-order valence-corrected chi connectivity index (χ2v) is 5.58. The van der Waals surface area contributed by atoms with Crippen LogP contribution in [0.3, 0.4) is 0 Å². The van der Waals surface area contributed by atoms with Crippen molar-refractivity contribution in [3.05, 3.63) is 22.4 Å². The van der Waals surface area contributed by atoms with E-state index in [1.54, 1.807) is 11.3 Å². The SMILES string of the molecule is CCN(CC)C(C)CN=C(N)NCCc1cccs1. The van der Waals surface area contributed by atoms with Gasteiger partial charge in [-0.25, -0.2) is 0 Å². The molecule has 0 aliphatic rings. The quantitative estimate of drug-likeness (QED) is 0.566. The van der Waals surface area contributed by atoms with Gasteiger partial charge in [0.15, 0.2) is 5.96 Å². The van der Waals surface area contributed by atoms with E-state index in [2.05, 4.69) is 53.5 Å². The van der Waals surface area contributed by atoms with E-state index in [4.69, 9.17) is 5.73 Å². The predicted molar refractivity (Wildman–Crippen MR) is 84.9 cm³/mol. The topological polar surface area (TPSA) is 53.6 Å². The lowest BCUT2D eigenvalue weighted by Crippen LogP contribution is -2.38. The van der Waals surface area contributed by atoms with E-state index in [0.29, 0.717) is 12.0 Å². The standard InChI is InChI=1S/C14H26N4S/c1-4-18(5-2)12(3)11-17-14(15)16-9-8-13-7-6-10-19-13/h6-7,10,12H,4-5,8-9,11H2,1-3H3,(H3,15,16,17). The van der Waals surface area contributed by atoms with E-state index in [1.165, 1.54) is 4.88 Å². The maximum Gasteiger partial charge on any atom is 0.188 e. The normalized spacial score (nSPS) is 13.8. The minimum absolute atomic E-state index is 0.438. The first-order valence-corrected chi connectivity index (χ1v) is 7.85. The molecule has 0 saturated heterocycles. The molecule has 1 aromatic rings. The van der Waals surface area contributed by atoms with Gasteiger partial charge in [-0.3, -0.25) is 9.89 Å². The van der Waals surface area contributed by atoms with Crippen LogP contribution in [0.25, 0.3) is 0 Å². The number of hydrogen-bond donors (Lipinski definition) is 2. The second kappa shape index (κ2) is 8.93. The van der Waals surface area contributed by atoms with Crippen LogP contribution in [0.15, 0.2) is 22.5 Å². The number of nitrogens with zero attached hydrogens (tertiary/aromatic N) is 2. The summed E-state index contributed by atoms with van der Waals surface area (Å²) in [5, 5.41) is 5.26. The van der Waals surface area contributed by atoms with E-state index in [0.717, 1.165) is 32.6 Å². The number of guanidine groups is 1. The molecule has 5 heteroatoms. The van der Waals surface area contributed by atoms with Crippen LogP contribution >= 0.6 is 11.3 Å². The third-order valence-electron chi connectivity index (χ3n) is 3.22. The van der Waals surface area contributed by atoms with Gasteiger partial charge in [0, 0.05) is 17.5 Å². The van der Waals surface area contributed by atoms with E-state index < -0.39 is 0 Å². The summed E-state index contributed by atoms with van der Waals surface area (Å²) in [5.74, 6) is 0.551. The summed E-state index contributed by atoms with van der Waals surface area (Å²) in [7, 11) is 0. The molecule has 0 spiro atoms. The molecule has 1 heterocycles. The first-order chi connectivity index (χ1) is 9.17. The van der Waals surface area contributed by atoms with Gasteiger partial charge in [-0.2, -0.15) is 0 Å². The molecule has 0 amide bonds. The van der Waals surface area contributed by atoms with E-state index in [9.17, 15) is 0 Å². The molecule has 1 unspecified atom stereocenters. The Morgan fingerprint density at radius 1 is 1.47 bits per heavy atom. The number of thiophene rings is 1. The highest BCUT2D eigenvalue weighted by molar-refractivity contribution is 7.09. The number of aliphatic imine (C=N–C) groups is 1. The highest BCUT2D eigenvalue weighted by atomic mass is 32.1. The highest BCUT2D eigenvalue weighted by Gasteiger charge is 2.08. The summed E-state index contributed by atoms with van der Waals surface area (Å²) in [6.07, 6.45) is 0.999. The average molecular weight is 282 g/mol. The minimum atomic E-state index is 0.438. The number of rotatable bonds is 8. The van der Waals surface area contributed by atoms with E-state index in [-0.39, 0.29) is 0 Å². The Balaban J connectivity index is 2.24. The molecule has 0 fully saturated rings. The molecule has 0 aromatic carbocycles. The zero-order valence-electron chi connectivity index (χ0n) is 12.2. The third kappa shape index (κ3) is 6.07. The van der Waals surface area contributed by atoms with Crippen LogP contribution in [-0.4, -0.2) is 43.1 Å². The van der Waals surface area contributed by atoms with Crippen molar-refractivity contribution in [2.24, 2.45) is 10.7 Å². The first-order valence-electron chi connectivity index (χ1n) is 6.97. The van der Waals surface area contributed by atoms with Crippen molar-refractivity contribution >= 4 is 17.3 Å². The minimum Gasteiger partial charge on any atom is -0.370 e. The van der Waals surface area contributed by atoms with Crippen molar-refractivity contribution in [1.82, 2.24) is 10.2 Å². The van der Waals surface area contributed by atoms with Gasteiger partial charge < -0.3 is 11.1 Å². The molecule has 108 valence electrons. The van der Waals surface area contributed by atoms with Crippen LogP contribution < -0.4 is 11.1 Å². The monoisotopic (exact) mass is 282 g/mol. The van der Waals surface area contributed by atoms with Gasteiger partial charge >= 0.3 is 0 Å². The van der Waals surface area contributed by atoms with Crippen molar-refractivity contribution in [1.29, 1.82) is 0 Å². The van der Waals surface area contributed by atoms with Crippen molar-refractivity contribution in [2.45, 2.75) is 33.2 Å². The lowest BCUT2D eigenvalue weighted by atomic mass is 10.3. The van der Waals surface area contributed by atoms with Crippen molar-refractivity contribution in [3.8, 4) is 0 Å². The van der Waals surface area contributed by atoms with E-state index in [1.807, 2.05) is 0 Å². The Morgan fingerprint density at radius 3 is 2.79 bits per heavy atom. The Labute approximate surface area is 120 Å². The molecule has 0 aliphatic heterocycles. The van der Waals surface area contributed by atoms with Crippen molar-refractivity contribution in [2.75, 3.05) is 26.2 Å². The molecular formula is C14H26N4S. The van der Waals surface area contributed by atoms with Crippen LogP contribution in [0.1, 0.15) is 25.6 Å². The second-order valence-electron chi connectivity index (χ2n) is 4.55. The summed E-state index contributed by atoms with van der Waals surface area (Å²) in [4.78, 5) is 8.15. The fourth-order valence-corrected chi connectivity index (χ4v) is 2.73. The Kier molecular flexibility index (Phi) is 7.52. The highest BCUT2D eigenvalue weighted by Crippen LogP contribution is 2.07.